The van der Waals surface area contributed by atoms with Gasteiger partial charge in [0, 0.05) is 19.0 Å². The largest absolute Gasteiger partial charge is 0.345 e. The van der Waals surface area contributed by atoms with Crippen LogP contribution in [0.25, 0.3) is 0 Å². The Morgan fingerprint density at radius 2 is 2.35 bits per heavy atom. The van der Waals surface area contributed by atoms with Crippen molar-refractivity contribution in [2.24, 2.45) is 0 Å². The summed E-state index contributed by atoms with van der Waals surface area (Å²) in [6.45, 7) is 3.88. The fraction of sp³-hybridized carbons (Fsp3) is 0.357. The number of carbonyl (C=O) groups excluding carboxylic acids is 1. The highest BCUT2D eigenvalue weighted by Crippen LogP contribution is 2.15. The minimum absolute atomic E-state index is 0.0473. The summed E-state index contributed by atoms with van der Waals surface area (Å²) in [4.78, 5) is 10.7. The number of carbonyl (C=O) groups is 1. The number of fused-ring (bicyclic) bond motifs is 1. The first-order valence-corrected chi connectivity index (χ1v) is 5.81. The van der Waals surface area contributed by atoms with Crippen LogP contribution in [0.5, 0.6) is 0 Å². The molecule has 1 amide bonds. The maximum Gasteiger partial charge on any atom is 0.217 e. The Bertz CT molecular complexity index is 483. The SMILES string of the molecule is CC(=O)NCC#Cc1ccc2c(c1)CNCC2. The quantitative estimate of drug-likeness (QED) is 0.699. The minimum atomic E-state index is -0.0473. The zero-order valence-electron chi connectivity index (χ0n) is 9.97. The van der Waals surface area contributed by atoms with Crippen molar-refractivity contribution in [2.45, 2.75) is 19.9 Å². The van der Waals surface area contributed by atoms with E-state index in [-0.39, 0.29) is 5.91 Å². The monoisotopic (exact) mass is 228 g/mol. The van der Waals surface area contributed by atoms with E-state index in [0.717, 1.165) is 25.1 Å². The molecule has 0 fully saturated rings. The first kappa shape index (κ1) is 11.7. The van der Waals surface area contributed by atoms with Gasteiger partial charge in [-0.3, -0.25) is 4.79 Å². The van der Waals surface area contributed by atoms with Crippen molar-refractivity contribution in [3.63, 3.8) is 0 Å². The fourth-order valence-corrected chi connectivity index (χ4v) is 1.87. The summed E-state index contributed by atoms with van der Waals surface area (Å²) >= 11 is 0. The van der Waals surface area contributed by atoms with Crippen molar-refractivity contribution in [1.82, 2.24) is 10.6 Å². The molecule has 3 heteroatoms. The molecule has 0 spiro atoms. The summed E-state index contributed by atoms with van der Waals surface area (Å²) in [5.41, 5.74) is 3.76. The van der Waals surface area contributed by atoms with Crippen LogP contribution in [0.1, 0.15) is 23.6 Å². The van der Waals surface area contributed by atoms with Gasteiger partial charge in [-0.2, -0.15) is 0 Å². The average Bonchev–Trinajstić information content (AvgIpc) is 2.34. The number of hydrogen-bond acceptors (Lipinski definition) is 2. The van der Waals surface area contributed by atoms with Crippen LogP contribution in [0, 0.1) is 11.8 Å². The molecule has 1 aromatic rings. The van der Waals surface area contributed by atoms with Crippen molar-refractivity contribution in [1.29, 1.82) is 0 Å². The van der Waals surface area contributed by atoms with Crippen molar-refractivity contribution in [3.8, 4) is 11.8 Å². The summed E-state index contributed by atoms with van der Waals surface area (Å²) in [5, 5.41) is 6.00. The lowest BCUT2D eigenvalue weighted by Crippen LogP contribution is -2.23. The van der Waals surface area contributed by atoms with E-state index in [4.69, 9.17) is 0 Å². The molecule has 2 N–H and O–H groups in total. The highest BCUT2D eigenvalue weighted by atomic mass is 16.1. The highest BCUT2D eigenvalue weighted by Gasteiger charge is 2.07. The number of benzene rings is 1. The number of rotatable bonds is 1. The first-order chi connectivity index (χ1) is 8.25. The molecular formula is C14H16N2O. The normalized spacial score (nSPS) is 13.2. The predicted molar refractivity (Wildman–Crippen MR) is 67.4 cm³/mol. The second kappa shape index (κ2) is 5.51. The molecule has 2 rings (SSSR count). The summed E-state index contributed by atoms with van der Waals surface area (Å²) in [6, 6.07) is 6.33. The van der Waals surface area contributed by atoms with Crippen LogP contribution in [0.15, 0.2) is 18.2 Å². The lowest BCUT2D eigenvalue weighted by atomic mass is 9.99. The lowest BCUT2D eigenvalue weighted by Gasteiger charge is -2.16. The van der Waals surface area contributed by atoms with Crippen molar-refractivity contribution >= 4 is 5.91 Å². The van der Waals surface area contributed by atoms with E-state index in [9.17, 15) is 4.79 Å². The van der Waals surface area contributed by atoms with E-state index in [1.807, 2.05) is 6.07 Å². The molecule has 0 radical (unpaired) electrons. The second-order valence-electron chi connectivity index (χ2n) is 4.12. The maximum absolute atomic E-state index is 10.7. The van der Waals surface area contributed by atoms with Gasteiger partial charge in [0.25, 0.3) is 0 Å². The van der Waals surface area contributed by atoms with Crippen LogP contribution in [-0.4, -0.2) is 19.0 Å². The van der Waals surface area contributed by atoms with Crippen LogP contribution in [0.3, 0.4) is 0 Å². The zero-order chi connectivity index (χ0) is 12.1. The molecule has 0 bridgehead atoms. The van der Waals surface area contributed by atoms with E-state index in [1.54, 1.807) is 0 Å². The molecule has 1 heterocycles. The van der Waals surface area contributed by atoms with Gasteiger partial charge in [-0.05, 0) is 36.2 Å². The Kier molecular flexibility index (Phi) is 3.79. The molecule has 88 valence electrons. The number of amides is 1. The van der Waals surface area contributed by atoms with E-state index < -0.39 is 0 Å². The lowest BCUT2D eigenvalue weighted by molar-refractivity contribution is -0.118. The number of hydrogen-bond donors (Lipinski definition) is 2. The Morgan fingerprint density at radius 1 is 1.47 bits per heavy atom. The summed E-state index contributed by atoms with van der Waals surface area (Å²) in [5.74, 6) is 5.95. The molecule has 0 saturated carbocycles. The Hall–Kier alpha value is -1.79. The molecule has 0 aliphatic carbocycles. The molecular weight excluding hydrogens is 212 g/mol. The third kappa shape index (κ3) is 3.33. The third-order valence-electron chi connectivity index (χ3n) is 2.75. The van der Waals surface area contributed by atoms with Gasteiger partial charge in [0.05, 0.1) is 6.54 Å². The smallest absolute Gasteiger partial charge is 0.217 e. The van der Waals surface area contributed by atoms with Crippen molar-refractivity contribution in [2.75, 3.05) is 13.1 Å². The van der Waals surface area contributed by atoms with Gasteiger partial charge >= 0.3 is 0 Å². The van der Waals surface area contributed by atoms with Gasteiger partial charge in [0.2, 0.25) is 5.91 Å². The number of nitrogens with one attached hydrogen (secondary N) is 2. The van der Waals surface area contributed by atoms with Crippen molar-refractivity contribution in [3.05, 3.63) is 34.9 Å². The molecule has 0 aromatic heterocycles. The predicted octanol–water partition coefficient (Wildman–Crippen LogP) is 0.820. The van der Waals surface area contributed by atoms with E-state index >= 15 is 0 Å². The van der Waals surface area contributed by atoms with Gasteiger partial charge in [-0.25, -0.2) is 0 Å². The highest BCUT2D eigenvalue weighted by molar-refractivity contribution is 5.73. The van der Waals surface area contributed by atoms with Crippen LogP contribution >= 0.6 is 0 Å². The van der Waals surface area contributed by atoms with E-state index in [1.165, 1.54) is 18.1 Å². The molecule has 3 nitrogen and oxygen atoms in total. The van der Waals surface area contributed by atoms with Gasteiger partial charge in [-0.1, -0.05) is 17.9 Å². The minimum Gasteiger partial charge on any atom is -0.345 e. The third-order valence-corrected chi connectivity index (χ3v) is 2.75. The second-order valence-corrected chi connectivity index (χ2v) is 4.12. The molecule has 0 atom stereocenters. The van der Waals surface area contributed by atoms with Crippen molar-refractivity contribution < 1.29 is 4.79 Å². The summed E-state index contributed by atoms with van der Waals surface area (Å²) in [6.07, 6.45) is 1.09. The van der Waals surface area contributed by atoms with E-state index in [0.29, 0.717) is 6.54 Å². The molecule has 1 aliphatic rings. The molecule has 0 saturated heterocycles. The zero-order valence-corrected chi connectivity index (χ0v) is 9.97. The summed E-state index contributed by atoms with van der Waals surface area (Å²) in [7, 11) is 0. The van der Waals surface area contributed by atoms with Crippen LogP contribution in [-0.2, 0) is 17.8 Å². The van der Waals surface area contributed by atoms with Gasteiger partial charge in [-0.15, -0.1) is 0 Å². The van der Waals surface area contributed by atoms with E-state index in [2.05, 4.69) is 34.6 Å². The fourth-order valence-electron chi connectivity index (χ4n) is 1.87. The first-order valence-electron chi connectivity index (χ1n) is 5.81. The molecule has 1 aliphatic heterocycles. The standard InChI is InChI=1S/C14H16N2O/c1-11(17)16-7-2-3-12-4-5-13-6-8-15-10-14(13)9-12/h4-5,9,15H,6-8,10H2,1H3,(H,16,17). The Labute approximate surface area is 102 Å². The molecule has 0 unspecified atom stereocenters. The summed E-state index contributed by atoms with van der Waals surface area (Å²) < 4.78 is 0. The average molecular weight is 228 g/mol. The van der Waals surface area contributed by atoms with Crippen LogP contribution in [0.2, 0.25) is 0 Å². The van der Waals surface area contributed by atoms with Gasteiger partial charge < -0.3 is 10.6 Å². The van der Waals surface area contributed by atoms with Gasteiger partial charge in [0.1, 0.15) is 0 Å². The molecule has 1 aromatic carbocycles. The topological polar surface area (TPSA) is 41.1 Å². The van der Waals surface area contributed by atoms with Crippen LogP contribution in [0.4, 0.5) is 0 Å². The molecule has 17 heavy (non-hydrogen) atoms. The Morgan fingerprint density at radius 3 is 3.18 bits per heavy atom. The van der Waals surface area contributed by atoms with Crippen LogP contribution < -0.4 is 10.6 Å². The van der Waals surface area contributed by atoms with Gasteiger partial charge in [0.15, 0.2) is 0 Å². The Balaban J connectivity index is 2.04. The maximum atomic E-state index is 10.7.